The van der Waals surface area contributed by atoms with Gasteiger partial charge in [-0.25, -0.2) is 8.42 Å². The molecule has 3 rings (SSSR count). The molecule has 1 atom stereocenters. The summed E-state index contributed by atoms with van der Waals surface area (Å²) in [4.78, 5) is 28.6. The van der Waals surface area contributed by atoms with Crippen molar-refractivity contribution in [1.82, 2.24) is 9.21 Å². The molecule has 28 heavy (non-hydrogen) atoms. The highest BCUT2D eigenvalue weighted by atomic mass is 32.2. The first kappa shape index (κ1) is 20.8. The summed E-state index contributed by atoms with van der Waals surface area (Å²) in [5.74, 6) is -0.504. The molecule has 1 aromatic rings. The van der Waals surface area contributed by atoms with Crippen LogP contribution in [0.5, 0.6) is 0 Å². The summed E-state index contributed by atoms with van der Waals surface area (Å²) in [6.07, 6.45) is 0.176. The maximum atomic E-state index is 12.7. The topological polar surface area (TPSA) is 87.2 Å². The van der Waals surface area contributed by atoms with Gasteiger partial charge in [-0.15, -0.1) is 0 Å². The van der Waals surface area contributed by atoms with Crippen molar-refractivity contribution in [2.75, 3.05) is 50.8 Å². The van der Waals surface area contributed by atoms with E-state index in [1.807, 2.05) is 0 Å². The molecule has 2 heterocycles. The number of amides is 2. The third-order valence-electron chi connectivity index (χ3n) is 5.29. The quantitative estimate of drug-likeness (QED) is 0.698. The summed E-state index contributed by atoms with van der Waals surface area (Å²) in [7, 11) is -3.54. The molecule has 2 aliphatic heterocycles. The van der Waals surface area contributed by atoms with E-state index in [9.17, 15) is 18.0 Å². The zero-order valence-corrected chi connectivity index (χ0v) is 17.2. The minimum atomic E-state index is -3.54. The molecule has 0 spiro atoms. The minimum absolute atomic E-state index is 0.0140. The number of ether oxygens (including phenoxy) is 1. The van der Waals surface area contributed by atoms with Gasteiger partial charge in [-0.05, 0) is 24.3 Å². The van der Waals surface area contributed by atoms with Gasteiger partial charge in [0.25, 0.3) is 0 Å². The summed E-state index contributed by atoms with van der Waals surface area (Å²) in [5, 5.41) is 0. The number of carbonyl (C=O) groups is 2. The lowest BCUT2D eigenvalue weighted by Crippen LogP contribution is -2.44. The van der Waals surface area contributed by atoms with Gasteiger partial charge in [-0.2, -0.15) is 4.31 Å². The number of benzene rings is 1. The van der Waals surface area contributed by atoms with Crippen LogP contribution in [0.25, 0.3) is 0 Å². The number of morpholine rings is 1. The number of carbonyl (C=O) groups excluding carboxylic acids is 2. The molecular weight excluding hydrogens is 382 g/mol. The van der Waals surface area contributed by atoms with Crippen LogP contribution in [-0.2, 0) is 24.3 Å². The summed E-state index contributed by atoms with van der Waals surface area (Å²) in [6, 6.07) is 6.31. The lowest BCUT2D eigenvalue weighted by Gasteiger charge is -2.29. The van der Waals surface area contributed by atoms with E-state index in [4.69, 9.17) is 4.74 Å². The van der Waals surface area contributed by atoms with Gasteiger partial charge in [0.1, 0.15) is 0 Å². The lowest BCUT2D eigenvalue weighted by molar-refractivity contribution is -0.139. The van der Waals surface area contributed by atoms with Gasteiger partial charge in [-0.3, -0.25) is 9.59 Å². The minimum Gasteiger partial charge on any atom is -0.378 e. The second-order valence-corrected chi connectivity index (χ2v) is 8.86. The van der Waals surface area contributed by atoms with Crippen LogP contribution in [0.15, 0.2) is 29.2 Å². The highest BCUT2D eigenvalue weighted by Gasteiger charge is 2.37. The van der Waals surface area contributed by atoms with Crippen molar-refractivity contribution in [2.24, 2.45) is 5.92 Å². The van der Waals surface area contributed by atoms with Crippen molar-refractivity contribution < 1.29 is 22.7 Å². The highest BCUT2D eigenvalue weighted by molar-refractivity contribution is 7.89. The Bertz CT molecular complexity index is 814. The van der Waals surface area contributed by atoms with Gasteiger partial charge in [0, 0.05) is 44.8 Å². The van der Waals surface area contributed by atoms with Gasteiger partial charge in [0.2, 0.25) is 21.8 Å². The molecule has 0 radical (unpaired) electrons. The van der Waals surface area contributed by atoms with Crippen LogP contribution in [0, 0.1) is 5.92 Å². The van der Waals surface area contributed by atoms with Crippen molar-refractivity contribution in [3.05, 3.63) is 24.3 Å². The van der Waals surface area contributed by atoms with Crippen molar-refractivity contribution in [3.8, 4) is 0 Å². The van der Waals surface area contributed by atoms with E-state index in [-0.39, 0.29) is 29.0 Å². The Hall–Kier alpha value is -1.97. The van der Waals surface area contributed by atoms with E-state index >= 15 is 0 Å². The second-order valence-electron chi connectivity index (χ2n) is 6.93. The summed E-state index contributed by atoms with van der Waals surface area (Å²) in [6.45, 7) is 6.87. The summed E-state index contributed by atoms with van der Waals surface area (Å²) >= 11 is 0. The molecule has 0 saturated carbocycles. The van der Waals surface area contributed by atoms with Gasteiger partial charge >= 0.3 is 0 Å². The maximum absolute atomic E-state index is 12.7. The molecule has 1 aromatic carbocycles. The van der Waals surface area contributed by atoms with Gasteiger partial charge in [0.05, 0.1) is 24.0 Å². The smallest absolute Gasteiger partial charge is 0.243 e. The zero-order chi connectivity index (χ0) is 20.3. The molecule has 9 heteroatoms. The lowest BCUT2D eigenvalue weighted by atomic mass is 10.1. The fourth-order valence-electron chi connectivity index (χ4n) is 3.68. The highest BCUT2D eigenvalue weighted by Crippen LogP contribution is 2.28. The number of sulfonamides is 1. The fourth-order valence-corrected chi connectivity index (χ4v) is 5.13. The third kappa shape index (κ3) is 4.06. The molecule has 2 saturated heterocycles. The summed E-state index contributed by atoms with van der Waals surface area (Å²) in [5.41, 5.74) is 0.612. The van der Waals surface area contributed by atoms with E-state index in [0.717, 1.165) is 0 Å². The van der Waals surface area contributed by atoms with Crippen LogP contribution in [0.1, 0.15) is 20.3 Å². The Morgan fingerprint density at radius 3 is 2.32 bits per heavy atom. The molecular formula is C19H27N3O5S. The van der Waals surface area contributed by atoms with Crippen LogP contribution >= 0.6 is 0 Å². The number of anilines is 1. The molecule has 0 unspecified atom stereocenters. The van der Waals surface area contributed by atoms with Crippen molar-refractivity contribution in [2.45, 2.75) is 25.2 Å². The molecule has 8 nitrogen and oxygen atoms in total. The van der Waals surface area contributed by atoms with Crippen molar-refractivity contribution >= 4 is 27.5 Å². The van der Waals surface area contributed by atoms with Crippen LogP contribution in [-0.4, -0.2) is 75.4 Å². The zero-order valence-electron chi connectivity index (χ0n) is 16.3. The Morgan fingerprint density at radius 2 is 1.75 bits per heavy atom. The van der Waals surface area contributed by atoms with E-state index in [0.29, 0.717) is 51.6 Å². The Labute approximate surface area is 166 Å². The predicted octanol–water partition coefficient (Wildman–Crippen LogP) is 0.929. The monoisotopic (exact) mass is 409 g/mol. The maximum Gasteiger partial charge on any atom is 0.243 e. The number of rotatable bonds is 6. The number of hydrogen-bond donors (Lipinski definition) is 0. The SMILES string of the molecule is CCN(CC)S(=O)(=O)c1ccc(N2C[C@H](C(=O)N3CCOCC3)CC2=O)cc1. The standard InChI is InChI=1S/C19H27N3O5S/c1-3-21(4-2)28(25,26)17-7-5-16(6-8-17)22-14-15(13-18(22)23)19(24)20-9-11-27-12-10-20/h5-8,15H,3-4,9-14H2,1-2H3/t15-/m1/s1. The average molecular weight is 410 g/mol. The average Bonchev–Trinajstić information content (AvgIpc) is 3.10. The number of nitrogens with zero attached hydrogens (tertiary/aromatic N) is 3. The van der Waals surface area contributed by atoms with Crippen LogP contribution < -0.4 is 4.90 Å². The molecule has 2 amide bonds. The van der Waals surface area contributed by atoms with Crippen LogP contribution in [0.2, 0.25) is 0 Å². The predicted molar refractivity (Wildman–Crippen MR) is 104 cm³/mol. The molecule has 2 fully saturated rings. The van der Waals surface area contributed by atoms with Crippen molar-refractivity contribution in [1.29, 1.82) is 0 Å². The fraction of sp³-hybridized carbons (Fsp3) is 0.579. The molecule has 0 aliphatic carbocycles. The second kappa shape index (κ2) is 8.59. The third-order valence-corrected chi connectivity index (χ3v) is 7.35. The molecule has 0 aromatic heterocycles. The first-order chi connectivity index (χ1) is 13.4. The van der Waals surface area contributed by atoms with Gasteiger partial charge in [-0.1, -0.05) is 13.8 Å². The van der Waals surface area contributed by atoms with E-state index in [1.54, 1.807) is 35.8 Å². The number of hydrogen-bond acceptors (Lipinski definition) is 5. The van der Waals surface area contributed by atoms with E-state index in [2.05, 4.69) is 0 Å². The Balaban J connectivity index is 1.72. The van der Waals surface area contributed by atoms with Gasteiger partial charge < -0.3 is 14.5 Å². The molecule has 2 aliphatic rings. The van der Waals surface area contributed by atoms with Crippen molar-refractivity contribution in [3.63, 3.8) is 0 Å². The Morgan fingerprint density at radius 1 is 1.14 bits per heavy atom. The first-order valence-corrected chi connectivity index (χ1v) is 11.1. The molecule has 0 bridgehead atoms. The molecule has 0 N–H and O–H groups in total. The van der Waals surface area contributed by atoms with Crippen LogP contribution in [0.3, 0.4) is 0 Å². The van der Waals surface area contributed by atoms with Crippen LogP contribution in [0.4, 0.5) is 5.69 Å². The first-order valence-electron chi connectivity index (χ1n) is 9.65. The molecule has 154 valence electrons. The largest absolute Gasteiger partial charge is 0.378 e. The van der Waals surface area contributed by atoms with E-state index < -0.39 is 10.0 Å². The summed E-state index contributed by atoms with van der Waals surface area (Å²) < 4.78 is 31.8. The normalized spacial score (nSPS) is 20.8. The Kier molecular flexibility index (Phi) is 6.36. The van der Waals surface area contributed by atoms with E-state index in [1.165, 1.54) is 16.4 Å². The van der Waals surface area contributed by atoms with Gasteiger partial charge in [0.15, 0.2) is 0 Å².